The molecule has 106 valence electrons. The second kappa shape index (κ2) is 6.33. The highest BCUT2D eigenvalue weighted by molar-refractivity contribution is 9.10. The van der Waals surface area contributed by atoms with Crippen LogP contribution >= 0.6 is 27.7 Å². The fraction of sp³-hybridized carbons (Fsp3) is 0.400. The molecule has 2 atom stereocenters. The molecule has 1 aliphatic heterocycles. The molecule has 0 saturated carbocycles. The molecule has 2 unspecified atom stereocenters. The number of nitrogens with one attached hydrogen (secondary N) is 1. The first-order valence-corrected chi connectivity index (χ1v) is 8.81. The van der Waals surface area contributed by atoms with Crippen LogP contribution in [0.15, 0.2) is 34.9 Å². The number of hydrogen-bond donors (Lipinski definition) is 2. The van der Waals surface area contributed by atoms with Crippen LogP contribution in [0, 0.1) is 5.92 Å². The van der Waals surface area contributed by atoms with Crippen LogP contribution < -0.4 is 11.1 Å². The van der Waals surface area contributed by atoms with Crippen LogP contribution in [0.2, 0.25) is 0 Å². The number of benzene rings is 1. The summed E-state index contributed by atoms with van der Waals surface area (Å²) < 4.78 is 1.00. The topological polar surface area (TPSA) is 50.9 Å². The molecular formula is C15H18BrN3S. The SMILES string of the molecule is NCC(Nc1cccc2cc(Br)cnc12)C1CCSC1. The summed E-state index contributed by atoms with van der Waals surface area (Å²) in [5, 5.41) is 4.76. The van der Waals surface area contributed by atoms with Crippen molar-refractivity contribution in [3.63, 3.8) is 0 Å². The lowest BCUT2D eigenvalue weighted by molar-refractivity contribution is 0.499. The lowest BCUT2D eigenvalue weighted by Gasteiger charge is -2.24. The summed E-state index contributed by atoms with van der Waals surface area (Å²) >= 11 is 5.49. The summed E-state index contributed by atoms with van der Waals surface area (Å²) in [6.45, 7) is 0.665. The number of aromatic nitrogens is 1. The largest absolute Gasteiger partial charge is 0.379 e. The zero-order valence-electron chi connectivity index (χ0n) is 11.2. The molecule has 3 N–H and O–H groups in total. The molecule has 0 bridgehead atoms. The Morgan fingerprint density at radius 1 is 1.50 bits per heavy atom. The molecule has 5 heteroatoms. The van der Waals surface area contributed by atoms with Crippen LogP contribution in [-0.2, 0) is 0 Å². The number of hydrogen-bond acceptors (Lipinski definition) is 4. The van der Waals surface area contributed by atoms with Gasteiger partial charge in [-0.25, -0.2) is 0 Å². The number of fused-ring (bicyclic) bond motifs is 1. The van der Waals surface area contributed by atoms with Crippen molar-refractivity contribution in [3.05, 3.63) is 34.9 Å². The van der Waals surface area contributed by atoms with E-state index in [0.717, 1.165) is 21.1 Å². The molecule has 2 aromatic rings. The second-order valence-electron chi connectivity index (χ2n) is 5.14. The molecule has 0 spiro atoms. The first-order valence-electron chi connectivity index (χ1n) is 6.86. The minimum Gasteiger partial charge on any atom is -0.379 e. The van der Waals surface area contributed by atoms with Gasteiger partial charge < -0.3 is 11.1 Å². The predicted molar refractivity (Wildman–Crippen MR) is 91.3 cm³/mol. The third-order valence-corrected chi connectivity index (χ3v) is 5.43. The Balaban J connectivity index is 1.89. The standard InChI is InChI=1S/C15H18BrN3S/c16-12-6-10-2-1-3-13(15(10)18-8-12)19-14(7-17)11-4-5-20-9-11/h1-3,6,8,11,14,19H,4-5,7,9,17H2. The fourth-order valence-electron chi connectivity index (χ4n) is 2.69. The van der Waals surface area contributed by atoms with E-state index in [4.69, 9.17) is 5.73 Å². The first kappa shape index (κ1) is 14.2. The van der Waals surface area contributed by atoms with Gasteiger partial charge >= 0.3 is 0 Å². The van der Waals surface area contributed by atoms with Crippen molar-refractivity contribution in [3.8, 4) is 0 Å². The van der Waals surface area contributed by atoms with E-state index in [0.29, 0.717) is 18.5 Å². The normalized spacial score (nSPS) is 20.2. The van der Waals surface area contributed by atoms with Crippen molar-refractivity contribution in [2.45, 2.75) is 12.5 Å². The summed E-state index contributed by atoms with van der Waals surface area (Å²) in [4.78, 5) is 4.54. The zero-order valence-corrected chi connectivity index (χ0v) is 13.6. The van der Waals surface area contributed by atoms with Gasteiger partial charge in [0, 0.05) is 28.6 Å². The summed E-state index contributed by atoms with van der Waals surface area (Å²) in [5.41, 5.74) is 8.07. The lowest BCUT2D eigenvalue weighted by atomic mass is 9.98. The monoisotopic (exact) mass is 351 g/mol. The highest BCUT2D eigenvalue weighted by Crippen LogP contribution is 2.30. The van der Waals surface area contributed by atoms with Gasteiger partial charge in [-0.3, -0.25) is 4.98 Å². The minimum absolute atomic E-state index is 0.334. The predicted octanol–water partition coefficient (Wildman–Crippen LogP) is 3.49. The molecule has 1 aromatic heterocycles. The van der Waals surface area contributed by atoms with Crippen LogP contribution in [-0.4, -0.2) is 29.1 Å². The van der Waals surface area contributed by atoms with Crippen LogP contribution in [0.5, 0.6) is 0 Å². The van der Waals surface area contributed by atoms with E-state index in [9.17, 15) is 0 Å². The minimum atomic E-state index is 0.334. The van der Waals surface area contributed by atoms with Crippen molar-refractivity contribution in [1.29, 1.82) is 0 Å². The second-order valence-corrected chi connectivity index (χ2v) is 7.21. The van der Waals surface area contributed by atoms with Gasteiger partial charge in [0.2, 0.25) is 0 Å². The molecule has 1 aromatic carbocycles. The average Bonchev–Trinajstić information content (AvgIpc) is 2.98. The third-order valence-electron chi connectivity index (χ3n) is 3.81. The number of nitrogens with zero attached hydrogens (tertiary/aromatic N) is 1. The average molecular weight is 352 g/mol. The smallest absolute Gasteiger partial charge is 0.0934 e. The molecule has 0 radical (unpaired) electrons. The maximum atomic E-state index is 5.97. The van der Waals surface area contributed by atoms with Gasteiger partial charge in [-0.2, -0.15) is 11.8 Å². The van der Waals surface area contributed by atoms with Crippen molar-refractivity contribution < 1.29 is 0 Å². The number of thioether (sulfide) groups is 1. The summed E-state index contributed by atoms with van der Waals surface area (Å²) in [7, 11) is 0. The van der Waals surface area contributed by atoms with E-state index in [-0.39, 0.29) is 0 Å². The number of rotatable bonds is 4. The van der Waals surface area contributed by atoms with Crippen molar-refractivity contribution in [2.24, 2.45) is 11.7 Å². The number of pyridine rings is 1. The van der Waals surface area contributed by atoms with Crippen LogP contribution in [0.25, 0.3) is 10.9 Å². The van der Waals surface area contributed by atoms with E-state index < -0.39 is 0 Å². The molecule has 0 amide bonds. The van der Waals surface area contributed by atoms with Crippen LogP contribution in [0.4, 0.5) is 5.69 Å². The van der Waals surface area contributed by atoms with Crippen LogP contribution in [0.3, 0.4) is 0 Å². The number of anilines is 1. The Morgan fingerprint density at radius 3 is 3.15 bits per heavy atom. The molecular weight excluding hydrogens is 334 g/mol. The number of halogens is 1. The molecule has 0 aliphatic carbocycles. The molecule has 1 fully saturated rings. The van der Waals surface area contributed by atoms with E-state index in [1.807, 2.05) is 18.0 Å². The maximum Gasteiger partial charge on any atom is 0.0934 e. The molecule has 2 heterocycles. The van der Waals surface area contributed by atoms with Crippen molar-refractivity contribution in [2.75, 3.05) is 23.4 Å². The fourth-order valence-corrected chi connectivity index (χ4v) is 4.38. The van der Waals surface area contributed by atoms with Gasteiger partial charge in [0.05, 0.1) is 11.2 Å². The Bertz CT molecular complexity index is 599. The molecule has 3 rings (SSSR count). The zero-order chi connectivity index (χ0) is 13.9. The van der Waals surface area contributed by atoms with Gasteiger partial charge in [0.15, 0.2) is 0 Å². The van der Waals surface area contributed by atoms with Crippen LogP contribution in [0.1, 0.15) is 6.42 Å². The van der Waals surface area contributed by atoms with Gasteiger partial charge in [0.1, 0.15) is 0 Å². The van der Waals surface area contributed by atoms with E-state index in [1.165, 1.54) is 17.9 Å². The Morgan fingerprint density at radius 2 is 2.40 bits per heavy atom. The lowest BCUT2D eigenvalue weighted by Crippen LogP contribution is -2.36. The van der Waals surface area contributed by atoms with Gasteiger partial charge in [0.25, 0.3) is 0 Å². The highest BCUT2D eigenvalue weighted by atomic mass is 79.9. The molecule has 1 aliphatic rings. The van der Waals surface area contributed by atoms with Crippen molar-refractivity contribution in [1.82, 2.24) is 4.98 Å². The molecule has 20 heavy (non-hydrogen) atoms. The first-order chi connectivity index (χ1) is 9.78. The van der Waals surface area contributed by atoms with E-state index >= 15 is 0 Å². The summed E-state index contributed by atoms with van der Waals surface area (Å²) in [6.07, 6.45) is 3.10. The molecule has 3 nitrogen and oxygen atoms in total. The van der Waals surface area contributed by atoms with Gasteiger partial charge in [-0.15, -0.1) is 0 Å². The third kappa shape index (κ3) is 2.95. The highest BCUT2D eigenvalue weighted by Gasteiger charge is 2.24. The van der Waals surface area contributed by atoms with Gasteiger partial charge in [-0.05, 0) is 51.9 Å². The Kier molecular flexibility index (Phi) is 4.48. The Hall–Kier alpha value is -0.780. The van der Waals surface area contributed by atoms with Crippen molar-refractivity contribution >= 4 is 44.3 Å². The number of nitrogens with two attached hydrogens (primary N) is 1. The van der Waals surface area contributed by atoms with Gasteiger partial charge in [-0.1, -0.05) is 12.1 Å². The Labute approximate surface area is 131 Å². The quantitative estimate of drug-likeness (QED) is 0.885. The van der Waals surface area contributed by atoms with E-state index in [1.54, 1.807) is 0 Å². The molecule has 1 saturated heterocycles. The summed E-state index contributed by atoms with van der Waals surface area (Å²) in [5.74, 6) is 3.12. The van der Waals surface area contributed by atoms with E-state index in [2.05, 4.69) is 50.5 Å². The summed E-state index contributed by atoms with van der Waals surface area (Å²) in [6, 6.07) is 8.67. The number of para-hydroxylation sites is 1. The maximum absolute atomic E-state index is 5.97.